The van der Waals surface area contributed by atoms with Gasteiger partial charge >= 0.3 is 0 Å². The number of rotatable bonds is 1. The summed E-state index contributed by atoms with van der Waals surface area (Å²) in [5.41, 5.74) is 5.54. The Morgan fingerprint density at radius 3 is 2.89 bits per heavy atom. The highest BCUT2D eigenvalue weighted by Crippen LogP contribution is 2.32. The molecule has 4 nitrogen and oxygen atoms in total. The van der Waals surface area contributed by atoms with Gasteiger partial charge in [-0.25, -0.2) is 5.84 Å². The summed E-state index contributed by atoms with van der Waals surface area (Å²) in [5, 5.41) is 1.34. The number of benzene rings is 1. The van der Waals surface area contributed by atoms with E-state index in [2.05, 4.69) is 10.4 Å². The minimum absolute atomic E-state index is 0.271. The molecule has 5 heteroatoms. The van der Waals surface area contributed by atoms with Crippen molar-refractivity contribution in [2.75, 3.05) is 0 Å². The molecule has 1 aromatic carbocycles. The van der Waals surface area contributed by atoms with Crippen LogP contribution in [0.15, 0.2) is 18.2 Å². The van der Waals surface area contributed by atoms with Crippen molar-refractivity contribution in [1.29, 1.82) is 0 Å². The van der Waals surface area contributed by atoms with Crippen LogP contribution in [0.2, 0.25) is 5.02 Å². The number of carbonyl (C=O) groups excluding carboxylic acids is 1. The predicted molar refractivity (Wildman–Crippen MR) is 75.0 cm³/mol. The number of pyridine rings is 1. The van der Waals surface area contributed by atoms with E-state index >= 15 is 0 Å². The highest BCUT2D eigenvalue weighted by atomic mass is 35.5. The molecule has 0 unspecified atom stereocenters. The molecule has 19 heavy (non-hydrogen) atoms. The van der Waals surface area contributed by atoms with Gasteiger partial charge in [-0.15, -0.1) is 0 Å². The molecule has 3 N–H and O–H groups in total. The van der Waals surface area contributed by atoms with Crippen molar-refractivity contribution in [2.24, 2.45) is 5.84 Å². The second kappa shape index (κ2) is 4.79. The number of nitrogens with one attached hydrogen (secondary N) is 1. The number of hydrazine groups is 1. The number of aryl methyl sites for hydroxylation is 1. The lowest BCUT2D eigenvalue weighted by molar-refractivity contribution is 0.0954. The van der Waals surface area contributed by atoms with Crippen LogP contribution in [0.4, 0.5) is 0 Å². The first kappa shape index (κ1) is 12.4. The lowest BCUT2D eigenvalue weighted by Gasteiger charge is -2.20. The third-order valence-electron chi connectivity index (χ3n) is 3.60. The first-order valence-electron chi connectivity index (χ1n) is 6.33. The molecule has 0 fully saturated rings. The summed E-state index contributed by atoms with van der Waals surface area (Å²) in [7, 11) is 0. The fourth-order valence-electron chi connectivity index (χ4n) is 2.74. The van der Waals surface area contributed by atoms with Gasteiger partial charge in [0.15, 0.2) is 0 Å². The Labute approximate surface area is 115 Å². The normalized spacial score (nSPS) is 14.2. The largest absolute Gasteiger partial charge is 0.290 e. The first-order chi connectivity index (χ1) is 9.22. The lowest BCUT2D eigenvalue weighted by Crippen LogP contribution is -2.32. The summed E-state index contributed by atoms with van der Waals surface area (Å²) in [4.78, 5) is 16.7. The highest BCUT2D eigenvalue weighted by molar-refractivity contribution is 6.35. The zero-order chi connectivity index (χ0) is 13.4. The van der Waals surface area contributed by atoms with Gasteiger partial charge in [-0.2, -0.15) is 0 Å². The van der Waals surface area contributed by atoms with Crippen LogP contribution in [0.5, 0.6) is 0 Å². The molecule has 0 aliphatic heterocycles. The van der Waals surface area contributed by atoms with E-state index in [1.807, 2.05) is 12.1 Å². The zero-order valence-corrected chi connectivity index (χ0v) is 11.1. The molecule has 0 saturated carbocycles. The molecule has 1 aliphatic rings. The number of para-hydroxylation sites is 1. The van der Waals surface area contributed by atoms with E-state index in [0.717, 1.165) is 42.3 Å². The Balaban J connectivity index is 2.40. The predicted octanol–water partition coefficient (Wildman–Crippen LogP) is 2.37. The van der Waals surface area contributed by atoms with Crippen molar-refractivity contribution in [3.05, 3.63) is 40.0 Å². The summed E-state index contributed by atoms with van der Waals surface area (Å²) >= 11 is 6.19. The molecule has 1 aliphatic carbocycles. The van der Waals surface area contributed by atoms with Gasteiger partial charge in [-0.3, -0.25) is 15.2 Å². The number of halogens is 1. The van der Waals surface area contributed by atoms with Crippen LogP contribution in [0.3, 0.4) is 0 Å². The molecular formula is C14H14ClN3O. The molecule has 0 saturated heterocycles. The van der Waals surface area contributed by atoms with Gasteiger partial charge in [0, 0.05) is 11.1 Å². The molecule has 2 aromatic rings. The second-order valence-corrected chi connectivity index (χ2v) is 5.14. The molecule has 1 aromatic heterocycles. The minimum atomic E-state index is -0.271. The lowest BCUT2D eigenvalue weighted by atomic mass is 9.89. The van der Waals surface area contributed by atoms with E-state index in [1.54, 1.807) is 6.07 Å². The molecule has 3 rings (SSSR count). The summed E-state index contributed by atoms with van der Waals surface area (Å²) in [6, 6.07) is 5.48. The molecular weight excluding hydrogens is 262 g/mol. The fourth-order valence-corrected chi connectivity index (χ4v) is 2.96. The average molecular weight is 276 g/mol. The van der Waals surface area contributed by atoms with Gasteiger partial charge in [0.2, 0.25) is 0 Å². The molecule has 1 amide bonds. The number of nitrogens with zero attached hydrogens (tertiary/aromatic N) is 1. The highest BCUT2D eigenvalue weighted by Gasteiger charge is 2.22. The number of carbonyl (C=O) groups is 1. The number of hydrogen-bond donors (Lipinski definition) is 2. The first-order valence-corrected chi connectivity index (χ1v) is 6.71. The Hall–Kier alpha value is -1.65. The van der Waals surface area contributed by atoms with Crippen LogP contribution >= 0.6 is 11.6 Å². The Morgan fingerprint density at radius 2 is 2.11 bits per heavy atom. The van der Waals surface area contributed by atoms with Gasteiger partial charge in [0.05, 0.1) is 16.1 Å². The molecule has 0 radical (unpaired) electrons. The van der Waals surface area contributed by atoms with Crippen LogP contribution in [0, 0.1) is 0 Å². The van der Waals surface area contributed by atoms with E-state index in [0.29, 0.717) is 16.1 Å². The van der Waals surface area contributed by atoms with Crippen molar-refractivity contribution in [3.63, 3.8) is 0 Å². The standard InChI is InChI=1S/C14H14ClN3O/c15-10-6-3-5-9-12(14(19)18-16)8-4-1-2-7-11(8)17-13(9)10/h3,5-6H,1-2,4,7,16H2,(H,18,19). The third kappa shape index (κ3) is 1.97. The molecule has 1 heterocycles. The molecule has 0 spiro atoms. The summed E-state index contributed by atoms with van der Waals surface area (Å²) in [6.07, 6.45) is 3.93. The number of hydrogen-bond acceptors (Lipinski definition) is 3. The molecule has 0 atom stereocenters. The van der Waals surface area contributed by atoms with Gasteiger partial charge in [-0.05, 0) is 37.3 Å². The molecule has 98 valence electrons. The van der Waals surface area contributed by atoms with Crippen LogP contribution in [0.1, 0.15) is 34.5 Å². The number of amides is 1. The van der Waals surface area contributed by atoms with Gasteiger partial charge < -0.3 is 0 Å². The van der Waals surface area contributed by atoms with Gasteiger partial charge in [0.1, 0.15) is 0 Å². The Bertz CT molecular complexity index is 669. The average Bonchev–Trinajstić information content (AvgIpc) is 2.45. The van der Waals surface area contributed by atoms with Crippen molar-refractivity contribution in [3.8, 4) is 0 Å². The fraction of sp³-hybridized carbons (Fsp3) is 0.286. The van der Waals surface area contributed by atoms with Crippen molar-refractivity contribution < 1.29 is 4.79 Å². The van der Waals surface area contributed by atoms with Crippen LogP contribution in [-0.4, -0.2) is 10.9 Å². The minimum Gasteiger partial charge on any atom is -0.290 e. The molecule has 0 bridgehead atoms. The second-order valence-electron chi connectivity index (χ2n) is 4.73. The quantitative estimate of drug-likeness (QED) is 0.477. The number of nitrogen functional groups attached to an aromatic ring is 1. The topological polar surface area (TPSA) is 68.0 Å². The Kier molecular flexibility index (Phi) is 3.12. The van der Waals surface area contributed by atoms with E-state index in [-0.39, 0.29) is 5.91 Å². The van der Waals surface area contributed by atoms with Crippen molar-refractivity contribution in [2.45, 2.75) is 25.7 Å². The van der Waals surface area contributed by atoms with E-state index < -0.39 is 0 Å². The summed E-state index contributed by atoms with van der Waals surface area (Å²) < 4.78 is 0. The number of nitrogens with two attached hydrogens (primary N) is 1. The van der Waals surface area contributed by atoms with Crippen LogP contribution < -0.4 is 11.3 Å². The summed E-state index contributed by atoms with van der Waals surface area (Å²) in [6.45, 7) is 0. The van der Waals surface area contributed by atoms with Crippen LogP contribution in [0.25, 0.3) is 10.9 Å². The Morgan fingerprint density at radius 1 is 1.32 bits per heavy atom. The monoisotopic (exact) mass is 275 g/mol. The van der Waals surface area contributed by atoms with Crippen molar-refractivity contribution >= 4 is 28.4 Å². The number of fused-ring (bicyclic) bond motifs is 2. The third-order valence-corrected chi connectivity index (χ3v) is 3.91. The summed E-state index contributed by atoms with van der Waals surface area (Å²) in [5.74, 6) is 5.04. The van der Waals surface area contributed by atoms with Gasteiger partial charge in [-0.1, -0.05) is 23.7 Å². The SMILES string of the molecule is NNC(=O)c1c2c(nc3c(Cl)cccc13)CCCC2. The number of aromatic nitrogens is 1. The smallest absolute Gasteiger partial charge is 0.266 e. The maximum Gasteiger partial charge on any atom is 0.266 e. The van der Waals surface area contributed by atoms with E-state index in [9.17, 15) is 4.79 Å². The van der Waals surface area contributed by atoms with E-state index in [4.69, 9.17) is 17.4 Å². The van der Waals surface area contributed by atoms with Crippen molar-refractivity contribution in [1.82, 2.24) is 10.4 Å². The maximum atomic E-state index is 12.1. The van der Waals surface area contributed by atoms with Gasteiger partial charge in [0.25, 0.3) is 5.91 Å². The van der Waals surface area contributed by atoms with E-state index in [1.165, 1.54) is 0 Å². The maximum absolute atomic E-state index is 12.1. The zero-order valence-electron chi connectivity index (χ0n) is 10.4. The van der Waals surface area contributed by atoms with Crippen LogP contribution in [-0.2, 0) is 12.8 Å².